The van der Waals surface area contributed by atoms with Gasteiger partial charge in [-0.05, 0) is 56.0 Å². The summed E-state index contributed by atoms with van der Waals surface area (Å²) in [6.45, 7) is 3.59. The fraction of sp³-hybridized carbons (Fsp3) is 0.409. The molecule has 1 saturated carbocycles. The van der Waals surface area contributed by atoms with Crippen LogP contribution in [0.1, 0.15) is 42.5 Å². The molecule has 1 aliphatic carbocycles. The number of nitrogens with zero attached hydrogens (tertiary/aromatic N) is 2. The summed E-state index contributed by atoms with van der Waals surface area (Å²) in [5.74, 6) is -0.440. The second-order valence-electron chi connectivity index (χ2n) is 8.13. The number of fused-ring (bicyclic) bond motifs is 1. The van der Waals surface area contributed by atoms with Crippen molar-refractivity contribution in [1.82, 2.24) is 9.88 Å². The van der Waals surface area contributed by atoms with Crippen LogP contribution in [-0.2, 0) is 26.2 Å². The van der Waals surface area contributed by atoms with Crippen LogP contribution in [0, 0.1) is 25.7 Å². The molecule has 30 heavy (non-hydrogen) atoms. The van der Waals surface area contributed by atoms with E-state index in [0.29, 0.717) is 16.8 Å². The van der Waals surface area contributed by atoms with E-state index in [0.717, 1.165) is 25.7 Å². The Morgan fingerprint density at radius 2 is 1.70 bits per heavy atom. The number of imide groups is 1. The van der Waals surface area contributed by atoms with E-state index < -0.39 is 10.0 Å². The predicted molar refractivity (Wildman–Crippen MR) is 112 cm³/mol. The normalized spacial score (nSPS) is 21.6. The van der Waals surface area contributed by atoms with E-state index in [1.54, 1.807) is 44.2 Å². The number of aromatic nitrogens is 1. The quantitative estimate of drug-likeness (QED) is 0.740. The van der Waals surface area contributed by atoms with E-state index in [1.807, 2.05) is 0 Å². The number of anilines is 1. The number of carbonyl (C=O) groups is 2. The van der Waals surface area contributed by atoms with E-state index in [4.69, 9.17) is 0 Å². The first-order chi connectivity index (χ1) is 14.3. The van der Waals surface area contributed by atoms with Crippen LogP contribution in [0.3, 0.4) is 0 Å². The molecule has 0 unspecified atom stereocenters. The molecular weight excluding hydrogens is 402 g/mol. The Morgan fingerprint density at radius 1 is 1.03 bits per heavy atom. The van der Waals surface area contributed by atoms with E-state index in [2.05, 4.69) is 9.71 Å². The minimum atomic E-state index is -3.87. The van der Waals surface area contributed by atoms with Gasteiger partial charge in [0.25, 0.3) is 10.0 Å². The first-order valence-electron chi connectivity index (χ1n) is 10.2. The minimum absolute atomic E-state index is 0.0934. The molecule has 0 spiro atoms. The summed E-state index contributed by atoms with van der Waals surface area (Å²) in [6.07, 6.45) is 3.46. The summed E-state index contributed by atoms with van der Waals surface area (Å²) in [6, 6.07) is 10.1. The second kappa shape index (κ2) is 7.83. The number of aryl methyl sites for hydroxylation is 2. The summed E-state index contributed by atoms with van der Waals surface area (Å²) in [7, 11) is -3.87. The van der Waals surface area contributed by atoms with Gasteiger partial charge >= 0.3 is 0 Å². The Labute approximate surface area is 176 Å². The molecule has 0 radical (unpaired) electrons. The predicted octanol–water partition coefficient (Wildman–Crippen LogP) is 3.17. The lowest BCUT2D eigenvalue weighted by Gasteiger charge is -2.19. The van der Waals surface area contributed by atoms with Crippen molar-refractivity contribution >= 4 is 27.7 Å². The molecule has 1 N–H and O–H groups in total. The van der Waals surface area contributed by atoms with Crippen LogP contribution in [0.5, 0.6) is 0 Å². The molecule has 0 bridgehead atoms. The third kappa shape index (κ3) is 3.84. The molecule has 1 aliphatic heterocycles. The first kappa shape index (κ1) is 20.5. The number of pyridine rings is 1. The Balaban J connectivity index is 1.59. The number of sulfonamides is 1. The molecule has 2 heterocycles. The molecular formula is C22H25N3O4S. The van der Waals surface area contributed by atoms with Crippen LogP contribution >= 0.6 is 0 Å². The van der Waals surface area contributed by atoms with Gasteiger partial charge in [0.05, 0.1) is 23.3 Å². The molecule has 2 amide bonds. The highest BCUT2D eigenvalue weighted by Crippen LogP contribution is 2.38. The lowest BCUT2D eigenvalue weighted by molar-refractivity contribution is -0.140. The number of rotatable bonds is 5. The molecule has 2 aromatic rings. The summed E-state index contributed by atoms with van der Waals surface area (Å²) in [5.41, 5.74) is 1.89. The first-order valence-corrected chi connectivity index (χ1v) is 11.7. The van der Waals surface area contributed by atoms with E-state index in [1.165, 1.54) is 11.0 Å². The van der Waals surface area contributed by atoms with Crippen LogP contribution < -0.4 is 4.72 Å². The fourth-order valence-corrected chi connectivity index (χ4v) is 5.69. The van der Waals surface area contributed by atoms with Gasteiger partial charge < -0.3 is 0 Å². The highest BCUT2D eigenvalue weighted by molar-refractivity contribution is 7.92. The maximum absolute atomic E-state index is 13.0. The molecule has 2 aliphatic rings. The third-order valence-electron chi connectivity index (χ3n) is 5.94. The Hall–Kier alpha value is -2.74. The van der Waals surface area contributed by atoms with E-state index >= 15 is 0 Å². The summed E-state index contributed by atoms with van der Waals surface area (Å²) in [5, 5.41) is 0. The van der Waals surface area contributed by atoms with Crippen molar-refractivity contribution in [3.8, 4) is 0 Å². The van der Waals surface area contributed by atoms with Gasteiger partial charge in [-0.15, -0.1) is 0 Å². The monoisotopic (exact) mass is 427 g/mol. The van der Waals surface area contributed by atoms with Crippen molar-refractivity contribution in [2.45, 2.75) is 51.0 Å². The number of hydrogen-bond acceptors (Lipinski definition) is 5. The van der Waals surface area contributed by atoms with Crippen LogP contribution in [-0.4, -0.2) is 30.1 Å². The zero-order valence-corrected chi connectivity index (χ0v) is 17.9. The average Bonchev–Trinajstić information content (AvgIpc) is 2.94. The SMILES string of the molecule is Cc1cccc(NS(=O)(=O)c2cc(CN3C(=O)[C@H]4CCCC[C@H]4C3=O)ccc2C)n1. The van der Waals surface area contributed by atoms with Crippen molar-refractivity contribution in [2.24, 2.45) is 11.8 Å². The summed E-state index contributed by atoms with van der Waals surface area (Å²) < 4.78 is 28.4. The highest BCUT2D eigenvalue weighted by Gasteiger charge is 2.47. The molecule has 2 fully saturated rings. The number of carbonyl (C=O) groups excluding carboxylic acids is 2. The zero-order valence-electron chi connectivity index (χ0n) is 17.1. The van der Waals surface area contributed by atoms with Gasteiger partial charge in [-0.2, -0.15) is 0 Å². The standard InChI is InChI=1S/C22H25N3O4S/c1-14-10-11-16(13-25-21(26)17-7-3-4-8-18(17)22(25)27)12-19(14)30(28,29)24-20-9-5-6-15(2)23-20/h5-6,9-12,17-18H,3-4,7-8,13H2,1-2H3,(H,23,24)/t17-,18+. The molecule has 2 atom stereocenters. The third-order valence-corrected chi connectivity index (χ3v) is 7.44. The van der Waals surface area contributed by atoms with E-state index in [-0.39, 0.29) is 40.9 Å². The van der Waals surface area contributed by atoms with Gasteiger partial charge in [-0.1, -0.05) is 31.0 Å². The molecule has 158 valence electrons. The topological polar surface area (TPSA) is 96.4 Å². The minimum Gasteiger partial charge on any atom is -0.278 e. The molecule has 1 saturated heterocycles. The number of nitrogens with one attached hydrogen (secondary N) is 1. The Bertz CT molecular complexity index is 1090. The molecule has 1 aromatic carbocycles. The maximum Gasteiger partial charge on any atom is 0.263 e. The zero-order chi connectivity index (χ0) is 21.5. The summed E-state index contributed by atoms with van der Waals surface area (Å²) >= 11 is 0. The van der Waals surface area contributed by atoms with Crippen LogP contribution in [0.25, 0.3) is 0 Å². The molecule has 4 rings (SSSR count). The largest absolute Gasteiger partial charge is 0.278 e. The second-order valence-corrected chi connectivity index (χ2v) is 9.78. The van der Waals surface area contributed by atoms with Crippen molar-refractivity contribution in [3.63, 3.8) is 0 Å². The fourth-order valence-electron chi connectivity index (χ4n) is 4.39. The number of benzene rings is 1. The van der Waals surface area contributed by atoms with Gasteiger partial charge in [0.15, 0.2) is 0 Å². The molecule has 1 aromatic heterocycles. The van der Waals surface area contributed by atoms with Gasteiger partial charge in [-0.25, -0.2) is 13.4 Å². The summed E-state index contributed by atoms with van der Waals surface area (Å²) in [4.78, 5) is 31.1. The number of hydrogen-bond donors (Lipinski definition) is 1. The Morgan fingerprint density at radius 3 is 2.33 bits per heavy atom. The van der Waals surface area contributed by atoms with Crippen molar-refractivity contribution in [2.75, 3.05) is 4.72 Å². The maximum atomic E-state index is 13.0. The smallest absolute Gasteiger partial charge is 0.263 e. The molecule has 8 heteroatoms. The van der Waals surface area contributed by atoms with Gasteiger partial charge in [-0.3, -0.25) is 19.2 Å². The van der Waals surface area contributed by atoms with Crippen LogP contribution in [0.15, 0.2) is 41.3 Å². The van der Waals surface area contributed by atoms with Crippen LogP contribution in [0.2, 0.25) is 0 Å². The lowest BCUT2D eigenvalue weighted by Crippen LogP contribution is -2.30. The number of amides is 2. The van der Waals surface area contributed by atoms with Gasteiger partial charge in [0.1, 0.15) is 5.82 Å². The number of likely N-dealkylation sites (tertiary alicyclic amines) is 1. The van der Waals surface area contributed by atoms with Crippen molar-refractivity contribution in [1.29, 1.82) is 0 Å². The average molecular weight is 428 g/mol. The molecule has 7 nitrogen and oxygen atoms in total. The van der Waals surface area contributed by atoms with Crippen molar-refractivity contribution < 1.29 is 18.0 Å². The van der Waals surface area contributed by atoms with Crippen LogP contribution in [0.4, 0.5) is 5.82 Å². The van der Waals surface area contributed by atoms with Gasteiger partial charge in [0.2, 0.25) is 11.8 Å². The van der Waals surface area contributed by atoms with Gasteiger partial charge in [0, 0.05) is 5.69 Å². The Kier molecular flexibility index (Phi) is 5.36. The highest BCUT2D eigenvalue weighted by atomic mass is 32.2. The van der Waals surface area contributed by atoms with Crippen molar-refractivity contribution in [3.05, 3.63) is 53.2 Å². The van der Waals surface area contributed by atoms with E-state index in [9.17, 15) is 18.0 Å². The lowest BCUT2D eigenvalue weighted by atomic mass is 9.81.